The van der Waals surface area contributed by atoms with Crippen molar-refractivity contribution in [2.24, 2.45) is 0 Å². The largest absolute Gasteiger partial charge is 0.495 e. The quantitative estimate of drug-likeness (QED) is 0.904. The van der Waals surface area contributed by atoms with Crippen molar-refractivity contribution in [2.45, 2.75) is 20.0 Å². The van der Waals surface area contributed by atoms with Gasteiger partial charge < -0.3 is 14.8 Å². The third-order valence-electron chi connectivity index (χ3n) is 3.12. The summed E-state index contributed by atoms with van der Waals surface area (Å²) >= 11 is 6.02. The number of benzene rings is 2. The van der Waals surface area contributed by atoms with Gasteiger partial charge in [0.1, 0.15) is 11.5 Å². The number of ether oxygens (including phenoxy) is 2. The van der Waals surface area contributed by atoms with Crippen LogP contribution in [-0.2, 0) is 4.79 Å². The highest BCUT2D eigenvalue weighted by Crippen LogP contribution is 2.27. The Morgan fingerprint density at radius 1 is 1.18 bits per heavy atom. The predicted octanol–water partition coefficient (Wildman–Crippen LogP) is 4.06. The fourth-order valence-corrected chi connectivity index (χ4v) is 2.12. The zero-order valence-electron chi connectivity index (χ0n) is 12.7. The summed E-state index contributed by atoms with van der Waals surface area (Å²) < 4.78 is 10.8. The summed E-state index contributed by atoms with van der Waals surface area (Å²) in [5.74, 6) is 0.802. The number of amides is 1. The Hall–Kier alpha value is -2.20. The van der Waals surface area contributed by atoms with Crippen LogP contribution in [0.1, 0.15) is 12.5 Å². The highest BCUT2D eigenvalue weighted by Gasteiger charge is 2.17. The number of anilines is 1. The molecular formula is C17H18ClNO3. The lowest BCUT2D eigenvalue weighted by Gasteiger charge is -2.17. The van der Waals surface area contributed by atoms with Crippen LogP contribution in [0.4, 0.5) is 5.69 Å². The van der Waals surface area contributed by atoms with Gasteiger partial charge in [0.25, 0.3) is 5.91 Å². The van der Waals surface area contributed by atoms with E-state index in [1.807, 2.05) is 25.1 Å². The third kappa shape index (κ3) is 3.92. The average Bonchev–Trinajstić information content (AvgIpc) is 2.49. The number of nitrogens with one attached hydrogen (secondary N) is 1. The van der Waals surface area contributed by atoms with Gasteiger partial charge in [0.05, 0.1) is 17.8 Å². The molecule has 0 spiro atoms. The maximum absolute atomic E-state index is 12.3. The summed E-state index contributed by atoms with van der Waals surface area (Å²) in [5, 5.41) is 3.28. The molecule has 1 atom stereocenters. The highest BCUT2D eigenvalue weighted by atomic mass is 35.5. The van der Waals surface area contributed by atoms with Gasteiger partial charge in [-0.05, 0) is 43.7 Å². The monoisotopic (exact) mass is 319 g/mol. The highest BCUT2D eigenvalue weighted by molar-refractivity contribution is 6.32. The van der Waals surface area contributed by atoms with Crippen LogP contribution in [0.3, 0.4) is 0 Å². The van der Waals surface area contributed by atoms with Crippen LogP contribution in [0, 0.1) is 6.92 Å². The Morgan fingerprint density at radius 3 is 2.59 bits per heavy atom. The van der Waals surface area contributed by atoms with Crippen molar-refractivity contribution in [3.8, 4) is 11.5 Å². The Bertz CT molecular complexity index is 673. The lowest BCUT2D eigenvalue weighted by Crippen LogP contribution is -2.30. The first kappa shape index (κ1) is 16.2. The molecule has 22 heavy (non-hydrogen) atoms. The molecule has 0 heterocycles. The van der Waals surface area contributed by atoms with Crippen LogP contribution in [0.25, 0.3) is 0 Å². The maximum Gasteiger partial charge on any atom is 0.265 e. The van der Waals surface area contributed by atoms with E-state index in [0.717, 1.165) is 5.56 Å². The number of aryl methyl sites for hydroxylation is 1. The van der Waals surface area contributed by atoms with Crippen LogP contribution in [-0.4, -0.2) is 19.1 Å². The number of rotatable bonds is 5. The van der Waals surface area contributed by atoms with Crippen LogP contribution in [0.15, 0.2) is 42.5 Å². The fraction of sp³-hybridized carbons (Fsp3) is 0.235. The average molecular weight is 320 g/mol. The first-order valence-electron chi connectivity index (χ1n) is 6.88. The smallest absolute Gasteiger partial charge is 0.265 e. The maximum atomic E-state index is 12.3. The Morgan fingerprint density at radius 2 is 1.91 bits per heavy atom. The molecule has 0 unspecified atom stereocenters. The second kappa shape index (κ2) is 7.18. The number of carbonyl (C=O) groups is 1. The Labute approximate surface area is 135 Å². The van der Waals surface area contributed by atoms with Gasteiger partial charge in [-0.25, -0.2) is 0 Å². The minimum absolute atomic E-state index is 0.274. The first-order chi connectivity index (χ1) is 10.5. The van der Waals surface area contributed by atoms with Gasteiger partial charge in [0, 0.05) is 0 Å². The van der Waals surface area contributed by atoms with E-state index in [0.29, 0.717) is 22.2 Å². The van der Waals surface area contributed by atoms with Crippen LogP contribution in [0.5, 0.6) is 11.5 Å². The lowest BCUT2D eigenvalue weighted by molar-refractivity contribution is -0.122. The second-order valence-electron chi connectivity index (χ2n) is 4.88. The van der Waals surface area contributed by atoms with Gasteiger partial charge >= 0.3 is 0 Å². The predicted molar refractivity (Wildman–Crippen MR) is 87.9 cm³/mol. The molecule has 1 amide bonds. The summed E-state index contributed by atoms with van der Waals surface area (Å²) in [6.07, 6.45) is -0.690. The molecule has 116 valence electrons. The number of hydrogen-bond acceptors (Lipinski definition) is 3. The van der Waals surface area contributed by atoms with E-state index in [9.17, 15) is 4.79 Å². The zero-order valence-corrected chi connectivity index (χ0v) is 13.5. The summed E-state index contributed by atoms with van der Waals surface area (Å²) in [6.45, 7) is 3.61. The number of carbonyl (C=O) groups excluding carboxylic acids is 1. The topological polar surface area (TPSA) is 47.6 Å². The van der Waals surface area contributed by atoms with Crippen LogP contribution >= 0.6 is 11.6 Å². The van der Waals surface area contributed by atoms with Gasteiger partial charge in [0.15, 0.2) is 6.10 Å². The van der Waals surface area contributed by atoms with E-state index in [2.05, 4.69) is 5.32 Å². The van der Waals surface area contributed by atoms with E-state index < -0.39 is 6.10 Å². The van der Waals surface area contributed by atoms with Crippen LogP contribution < -0.4 is 14.8 Å². The van der Waals surface area contributed by atoms with Crippen molar-refractivity contribution in [3.63, 3.8) is 0 Å². The van der Waals surface area contributed by atoms with Gasteiger partial charge in [-0.3, -0.25) is 4.79 Å². The van der Waals surface area contributed by atoms with E-state index in [4.69, 9.17) is 21.1 Å². The molecule has 0 radical (unpaired) electrons. The molecule has 2 aromatic rings. The normalized spacial score (nSPS) is 11.6. The summed E-state index contributed by atoms with van der Waals surface area (Å²) in [6, 6.07) is 12.6. The number of hydrogen-bond donors (Lipinski definition) is 1. The van der Waals surface area contributed by atoms with Crippen molar-refractivity contribution in [1.82, 2.24) is 0 Å². The summed E-state index contributed by atoms with van der Waals surface area (Å²) in [5.41, 5.74) is 1.64. The molecule has 0 fully saturated rings. The molecule has 0 bridgehead atoms. The van der Waals surface area contributed by atoms with E-state index in [1.54, 1.807) is 38.3 Å². The molecule has 0 saturated carbocycles. The van der Waals surface area contributed by atoms with Gasteiger partial charge in [0.2, 0.25) is 0 Å². The van der Waals surface area contributed by atoms with Crippen LogP contribution in [0.2, 0.25) is 5.02 Å². The summed E-state index contributed by atoms with van der Waals surface area (Å²) in [7, 11) is 1.56. The number of para-hydroxylation sites is 1. The number of methoxy groups -OCH3 is 1. The van der Waals surface area contributed by atoms with Gasteiger partial charge in [-0.1, -0.05) is 29.8 Å². The Kier molecular flexibility index (Phi) is 5.28. The summed E-state index contributed by atoms with van der Waals surface area (Å²) in [4.78, 5) is 12.3. The van der Waals surface area contributed by atoms with E-state index in [-0.39, 0.29) is 5.91 Å². The van der Waals surface area contributed by atoms with E-state index >= 15 is 0 Å². The van der Waals surface area contributed by atoms with Crippen molar-refractivity contribution in [3.05, 3.63) is 53.1 Å². The minimum Gasteiger partial charge on any atom is -0.495 e. The minimum atomic E-state index is -0.690. The van der Waals surface area contributed by atoms with Crippen molar-refractivity contribution in [2.75, 3.05) is 12.4 Å². The van der Waals surface area contributed by atoms with Gasteiger partial charge in [-0.15, -0.1) is 0 Å². The van der Waals surface area contributed by atoms with Crippen molar-refractivity contribution in [1.29, 1.82) is 0 Å². The number of halogens is 1. The van der Waals surface area contributed by atoms with E-state index in [1.165, 1.54) is 0 Å². The zero-order chi connectivity index (χ0) is 16.1. The molecule has 1 N–H and O–H groups in total. The SMILES string of the molecule is COc1ccc(C)cc1NC(=O)[C@@H](C)Oc1ccccc1Cl. The molecule has 0 aliphatic heterocycles. The van der Waals surface area contributed by atoms with Crippen molar-refractivity contribution < 1.29 is 14.3 Å². The molecule has 0 saturated heterocycles. The fourth-order valence-electron chi connectivity index (χ4n) is 1.94. The molecule has 0 aromatic heterocycles. The molecule has 2 aromatic carbocycles. The second-order valence-corrected chi connectivity index (χ2v) is 5.29. The molecular weight excluding hydrogens is 302 g/mol. The Balaban J connectivity index is 2.09. The standard InChI is InChI=1S/C17H18ClNO3/c1-11-8-9-16(21-3)14(10-11)19-17(20)12(2)22-15-7-5-4-6-13(15)18/h4-10,12H,1-3H3,(H,19,20)/t12-/m1/s1. The molecule has 5 heteroatoms. The molecule has 2 rings (SSSR count). The molecule has 4 nitrogen and oxygen atoms in total. The molecule has 0 aliphatic carbocycles. The van der Waals surface area contributed by atoms with Crippen molar-refractivity contribution >= 4 is 23.2 Å². The molecule has 0 aliphatic rings. The third-order valence-corrected chi connectivity index (χ3v) is 3.43. The lowest BCUT2D eigenvalue weighted by atomic mass is 10.2. The van der Waals surface area contributed by atoms with Gasteiger partial charge in [-0.2, -0.15) is 0 Å². The first-order valence-corrected chi connectivity index (χ1v) is 7.25.